The Balaban J connectivity index is 1.56. The molecule has 0 radical (unpaired) electrons. The summed E-state index contributed by atoms with van der Waals surface area (Å²) >= 11 is 0. The number of alkyl halides is 1. The lowest BCUT2D eigenvalue weighted by atomic mass is 9.79. The molecule has 0 aromatic carbocycles. The van der Waals surface area contributed by atoms with Gasteiger partial charge in [0.1, 0.15) is 11.6 Å². The van der Waals surface area contributed by atoms with Crippen molar-refractivity contribution in [2.24, 2.45) is 0 Å². The van der Waals surface area contributed by atoms with Crippen LogP contribution < -0.4 is 5.32 Å². The number of nitrogens with one attached hydrogen (secondary N) is 1. The average Bonchev–Trinajstić information content (AvgIpc) is 2.40. The van der Waals surface area contributed by atoms with Crippen molar-refractivity contribution in [3.8, 4) is 0 Å². The van der Waals surface area contributed by atoms with Crippen LogP contribution in [0.4, 0.5) is 4.39 Å². The minimum absolute atomic E-state index is 0.0724. The van der Waals surface area contributed by atoms with E-state index in [0.717, 1.165) is 6.42 Å². The van der Waals surface area contributed by atoms with Gasteiger partial charge in [0.15, 0.2) is 5.67 Å². The van der Waals surface area contributed by atoms with Gasteiger partial charge in [-0.3, -0.25) is 14.5 Å². The Kier molecular flexibility index (Phi) is 3.44. The largest absolute Gasteiger partial charge is 0.368 e. The molecule has 1 N–H and O–H groups in total. The fourth-order valence-electron chi connectivity index (χ4n) is 3.40. The van der Waals surface area contributed by atoms with E-state index in [2.05, 4.69) is 5.32 Å². The summed E-state index contributed by atoms with van der Waals surface area (Å²) in [4.78, 5) is 27.3. The molecule has 2 amide bonds. The summed E-state index contributed by atoms with van der Waals surface area (Å²) in [6.07, 6.45) is 1.47. The van der Waals surface area contributed by atoms with Crippen LogP contribution >= 0.6 is 0 Å². The molecule has 21 heavy (non-hydrogen) atoms. The number of morpholine rings is 1. The topological polar surface area (TPSA) is 61.9 Å². The van der Waals surface area contributed by atoms with Gasteiger partial charge in [0.05, 0.1) is 19.7 Å². The van der Waals surface area contributed by atoms with Crippen molar-refractivity contribution in [1.82, 2.24) is 15.1 Å². The summed E-state index contributed by atoms with van der Waals surface area (Å²) in [5.41, 5.74) is -2.07. The first kappa shape index (κ1) is 14.7. The van der Waals surface area contributed by atoms with Crippen molar-refractivity contribution in [3.63, 3.8) is 0 Å². The molecule has 6 nitrogen and oxygen atoms in total. The Labute approximate surface area is 123 Å². The van der Waals surface area contributed by atoms with E-state index in [-0.39, 0.29) is 17.9 Å². The van der Waals surface area contributed by atoms with Crippen LogP contribution in [0.3, 0.4) is 0 Å². The summed E-state index contributed by atoms with van der Waals surface area (Å²) in [5.74, 6) is -0.462. The van der Waals surface area contributed by atoms with Crippen LogP contribution in [0.15, 0.2) is 0 Å². The number of halogens is 1. The van der Waals surface area contributed by atoms with Gasteiger partial charge in [-0.2, -0.15) is 0 Å². The van der Waals surface area contributed by atoms with Crippen LogP contribution in [0, 0.1) is 0 Å². The van der Waals surface area contributed by atoms with Crippen LogP contribution in [0.2, 0.25) is 0 Å². The Bertz CT molecular complexity index is 460. The number of carbonyl (C=O) groups is 2. The minimum atomic E-state index is -1.63. The number of rotatable bonds is 2. The lowest BCUT2D eigenvalue weighted by Gasteiger charge is -2.56. The van der Waals surface area contributed by atoms with Gasteiger partial charge in [-0.05, 0) is 26.3 Å². The molecular formula is C14H22FN3O3. The zero-order valence-corrected chi connectivity index (χ0v) is 12.5. The van der Waals surface area contributed by atoms with Crippen molar-refractivity contribution in [3.05, 3.63) is 0 Å². The van der Waals surface area contributed by atoms with Gasteiger partial charge in [-0.15, -0.1) is 0 Å². The molecule has 7 heteroatoms. The van der Waals surface area contributed by atoms with E-state index in [0.29, 0.717) is 39.1 Å². The Hall–Kier alpha value is -1.21. The van der Waals surface area contributed by atoms with E-state index in [9.17, 15) is 14.0 Å². The van der Waals surface area contributed by atoms with E-state index in [1.54, 1.807) is 11.9 Å². The van der Waals surface area contributed by atoms with Crippen molar-refractivity contribution in [2.75, 3.05) is 40.3 Å². The zero-order chi connectivity index (χ0) is 15.3. The second-order valence-corrected chi connectivity index (χ2v) is 6.52. The smallest absolute Gasteiger partial charge is 0.260 e. The fraction of sp³-hybridized carbons (Fsp3) is 0.857. The van der Waals surface area contributed by atoms with Gasteiger partial charge in [-0.1, -0.05) is 0 Å². The van der Waals surface area contributed by atoms with Gasteiger partial charge >= 0.3 is 0 Å². The molecule has 3 rings (SSSR count). The van der Waals surface area contributed by atoms with E-state index in [1.807, 2.05) is 11.9 Å². The number of carbonyl (C=O) groups excluding carboxylic acids is 2. The number of ether oxygens (including phenoxy) is 1. The lowest BCUT2D eigenvalue weighted by molar-refractivity contribution is -0.208. The first-order valence-corrected chi connectivity index (χ1v) is 7.43. The third kappa shape index (κ3) is 2.32. The Morgan fingerprint density at radius 3 is 2.43 bits per heavy atom. The van der Waals surface area contributed by atoms with E-state index >= 15 is 0 Å². The third-order valence-electron chi connectivity index (χ3n) is 4.94. The highest BCUT2D eigenvalue weighted by Gasteiger charge is 2.56. The highest BCUT2D eigenvalue weighted by molar-refractivity contribution is 5.87. The molecule has 1 atom stereocenters. The predicted molar refractivity (Wildman–Crippen MR) is 73.4 cm³/mol. The third-order valence-corrected chi connectivity index (χ3v) is 4.94. The Morgan fingerprint density at radius 1 is 1.29 bits per heavy atom. The average molecular weight is 299 g/mol. The number of hydrogen-bond acceptors (Lipinski definition) is 4. The second-order valence-electron chi connectivity index (χ2n) is 6.52. The minimum Gasteiger partial charge on any atom is -0.368 e. The highest BCUT2D eigenvalue weighted by Crippen LogP contribution is 2.40. The van der Waals surface area contributed by atoms with Crippen LogP contribution in [0.5, 0.6) is 0 Å². The number of likely N-dealkylation sites (tertiary alicyclic amines) is 1. The monoisotopic (exact) mass is 299 g/mol. The van der Waals surface area contributed by atoms with Gasteiger partial charge in [0, 0.05) is 13.6 Å². The maximum atomic E-state index is 14.1. The predicted octanol–water partition coefficient (Wildman–Crippen LogP) is -0.464. The standard InChI is InChI=1S/C14H22FN3O3/c1-16-11(19)10-6-21-13(7-17(10)2)8-18(9-13)12(20)14(15)4-3-5-14/h10H,3-9H2,1-2H3,(H,16,19). The number of nitrogens with zero attached hydrogens (tertiary/aromatic N) is 2. The molecule has 3 fully saturated rings. The molecule has 1 spiro atoms. The second kappa shape index (κ2) is 4.91. The fourth-order valence-corrected chi connectivity index (χ4v) is 3.40. The lowest BCUT2D eigenvalue weighted by Crippen LogP contribution is -2.74. The van der Waals surface area contributed by atoms with E-state index < -0.39 is 11.3 Å². The molecule has 3 aliphatic rings. The summed E-state index contributed by atoms with van der Waals surface area (Å²) in [5, 5.41) is 2.62. The number of amides is 2. The molecule has 1 aliphatic carbocycles. The van der Waals surface area contributed by atoms with Gasteiger partial charge in [0.25, 0.3) is 5.91 Å². The quantitative estimate of drug-likeness (QED) is 0.749. The molecule has 2 aliphatic heterocycles. The number of hydrogen-bond donors (Lipinski definition) is 1. The molecular weight excluding hydrogens is 277 g/mol. The zero-order valence-electron chi connectivity index (χ0n) is 12.5. The van der Waals surface area contributed by atoms with Crippen LogP contribution in [0.25, 0.3) is 0 Å². The first-order valence-electron chi connectivity index (χ1n) is 7.43. The van der Waals surface area contributed by atoms with E-state index in [1.165, 1.54) is 0 Å². The molecule has 1 saturated carbocycles. The summed E-state index contributed by atoms with van der Waals surface area (Å²) < 4.78 is 20.0. The first-order chi connectivity index (χ1) is 9.89. The van der Waals surface area contributed by atoms with Crippen molar-refractivity contribution in [1.29, 1.82) is 0 Å². The Morgan fingerprint density at radius 2 is 1.95 bits per heavy atom. The molecule has 2 heterocycles. The van der Waals surface area contributed by atoms with Gasteiger partial charge < -0.3 is 15.0 Å². The maximum Gasteiger partial charge on any atom is 0.260 e. The summed E-state index contributed by atoms with van der Waals surface area (Å²) in [6.45, 7) is 1.72. The maximum absolute atomic E-state index is 14.1. The summed E-state index contributed by atoms with van der Waals surface area (Å²) in [7, 11) is 3.47. The van der Waals surface area contributed by atoms with Crippen LogP contribution in [-0.2, 0) is 14.3 Å². The molecule has 2 saturated heterocycles. The molecule has 0 bridgehead atoms. The molecule has 0 aromatic rings. The van der Waals surface area contributed by atoms with Gasteiger partial charge in [0.2, 0.25) is 5.91 Å². The summed E-state index contributed by atoms with van der Waals surface area (Å²) in [6, 6.07) is -0.301. The number of likely N-dealkylation sites (N-methyl/N-ethyl adjacent to an activating group) is 2. The SMILES string of the molecule is CNC(=O)C1COC2(CN(C(=O)C3(F)CCC3)C2)CN1C. The van der Waals surface area contributed by atoms with Crippen molar-refractivity contribution < 1.29 is 18.7 Å². The van der Waals surface area contributed by atoms with Gasteiger partial charge in [-0.25, -0.2) is 4.39 Å². The van der Waals surface area contributed by atoms with Crippen molar-refractivity contribution >= 4 is 11.8 Å². The molecule has 0 aromatic heterocycles. The molecule has 118 valence electrons. The van der Waals surface area contributed by atoms with Crippen LogP contribution in [0.1, 0.15) is 19.3 Å². The van der Waals surface area contributed by atoms with Crippen LogP contribution in [-0.4, -0.2) is 79.3 Å². The van der Waals surface area contributed by atoms with E-state index in [4.69, 9.17) is 4.74 Å². The molecule has 1 unspecified atom stereocenters. The normalized spacial score (nSPS) is 30.4. The van der Waals surface area contributed by atoms with Crippen molar-refractivity contribution in [2.45, 2.75) is 36.6 Å². The highest BCUT2D eigenvalue weighted by atomic mass is 19.1.